The number of nitrogens with zero attached hydrogens (tertiary/aromatic N) is 1. The van der Waals surface area contributed by atoms with Crippen molar-refractivity contribution in [3.63, 3.8) is 0 Å². The van der Waals surface area contributed by atoms with Crippen LogP contribution in [0.1, 0.15) is 6.92 Å². The molecule has 0 aromatic carbocycles. The molecule has 0 heterocycles. The third kappa shape index (κ3) is 1.85. The van der Waals surface area contributed by atoms with Gasteiger partial charge in [0.25, 0.3) is 0 Å². The number of allylic oxidation sites excluding steroid dienone is 2. The lowest BCUT2D eigenvalue weighted by atomic mass is 10.3. The third-order valence-electron chi connectivity index (χ3n) is 0.727. The van der Waals surface area contributed by atoms with E-state index < -0.39 is 0 Å². The molecule has 3 heteroatoms. The van der Waals surface area contributed by atoms with E-state index >= 15 is 0 Å². The van der Waals surface area contributed by atoms with Gasteiger partial charge in [0.15, 0.2) is 0 Å². The molecule has 0 radical (unpaired) electrons. The van der Waals surface area contributed by atoms with Gasteiger partial charge in [0, 0.05) is 0 Å². The Kier molecular flexibility index (Phi) is 3.05. The highest BCUT2D eigenvalue weighted by molar-refractivity contribution is 6.19. The molecule has 0 saturated carbocycles. The Morgan fingerprint density at radius 3 is 2.50 bits per heavy atom. The average molecular weight is 132 g/mol. The molecule has 0 aromatic rings. The molecule has 0 bridgehead atoms. The maximum Gasteiger partial charge on any atom is 0.120 e. The Morgan fingerprint density at radius 1 is 1.88 bits per heavy atom. The largest absolute Gasteiger partial charge is 0.510 e. The summed E-state index contributed by atoms with van der Waals surface area (Å²) in [6.07, 6.45) is 0. The van der Waals surface area contributed by atoms with Crippen molar-refractivity contribution in [2.75, 3.05) is 5.88 Å². The number of hydrogen-bond acceptors (Lipinski definition) is 2. The van der Waals surface area contributed by atoms with Gasteiger partial charge in [-0.2, -0.15) is 5.26 Å². The Morgan fingerprint density at radius 2 is 2.38 bits per heavy atom. The van der Waals surface area contributed by atoms with Gasteiger partial charge in [-0.15, -0.1) is 11.6 Å². The van der Waals surface area contributed by atoms with E-state index in [0.29, 0.717) is 0 Å². The SMILES string of the molecule is CC(C#N)=C(O)CCl. The van der Waals surface area contributed by atoms with Gasteiger partial charge in [-0.3, -0.25) is 0 Å². The normalized spacial score (nSPS) is 12.1. The van der Waals surface area contributed by atoms with Crippen molar-refractivity contribution in [3.8, 4) is 6.07 Å². The van der Waals surface area contributed by atoms with E-state index in [1.165, 1.54) is 6.92 Å². The van der Waals surface area contributed by atoms with Gasteiger partial charge in [-0.1, -0.05) is 0 Å². The molecule has 0 fully saturated rings. The molecule has 0 rings (SSSR count). The first-order valence-corrected chi connectivity index (χ1v) is 2.60. The standard InChI is InChI=1S/C5H6ClNO/c1-4(3-7)5(8)2-6/h8H,2H2,1H3. The second kappa shape index (κ2) is 3.34. The van der Waals surface area contributed by atoms with Crippen LogP contribution in [0.5, 0.6) is 0 Å². The summed E-state index contributed by atoms with van der Waals surface area (Å²) in [5.74, 6) is -0.0338. The summed E-state index contributed by atoms with van der Waals surface area (Å²) in [7, 11) is 0. The van der Waals surface area contributed by atoms with Gasteiger partial charge in [0.05, 0.1) is 17.5 Å². The second-order valence-electron chi connectivity index (χ2n) is 1.32. The van der Waals surface area contributed by atoms with Crippen molar-refractivity contribution >= 4 is 11.6 Å². The van der Waals surface area contributed by atoms with Crippen molar-refractivity contribution in [3.05, 3.63) is 11.3 Å². The summed E-state index contributed by atoms with van der Waals surface area (Å²) in [5, 5.41) is 16.8. The predicted molar refractivity (Wildman–Crippen MR) is 31.7 cm³/mol. The van der Waals surface area contributed by atoms with E-state index in [1.54, 1.807) is 6.07 Å². The number of halogens is 1. The lowest BCUT2D eigenvalue weighted by Gasteiger charge is -1.89. The Balaban J connectivity index is 4.10. The van der Waals surface area contributed by atoms with Crippen LogP contribution in [-0.4, -0.2) is 11.0 Å². The van der Waals surface area contributed by atoms with Crippen molar-refractivity contribution in [1.82, 2.24) is 0 Å². The molecule has 0 aliphatic heterocycles. The fraction of sp³-hybridized carbons (Fsp3) is 0.400. The molecular weight excluding hydrogens is 126 g/mol. The van der Waals surface area contributed by atoms with Gasteiger partial charge in [-0.25, -0.2) is 0 Å². The van der Waals surface area contributed by atoms with Crippen LogP contribution < -0.4 is 0 Å². The zero-order valence-electron chi connectivity index (χ0n) is 4.48. The first kappa shape index (κ1) is 7.32. The molecule has 2 nitrogen and oxygen atoms in total. The van der Waals surface area contributed by atoms with Crippen LogP contribution in [0.4, 0.5) is 0 Å². The van der Waals surface area contributed by atoms with E-state index in [1.807, 2.05) is 0 Å². The average Bonchev–Trinajstić information content (AvgIpc) is 1.84. The van der Waals surface area contributed by atoms with Crippen molar-refractivity contribution in [2.45, 2.75) is 6.92 Å². The molecule has 44 valence electrons. The summed E-state index contributed by atoms with van der Waals surface area (Å²) < 4.78 is 0. The van der Waals surface area contributed by atoms with Crippen molar-refractivity contribution in [1.29, 1.82) is 5.26 Å². The summed E-state index contributed by atoms with van der Waals surface area (Å²) in [5.41, 5.74) is 0.278. The first-order chi connectivity index (χ1) is 3.72. The minimum atomic E-state index is -0.0471. The maximum atomic E-state index is 8.65. The highest BCUT2D eigenvalue weighted by Crippen LogP contribution is 1.99. The minimum absolute atomic E-state index is 0.0133. The number of hydrogen-bond donors (Lipinski definition) is 1. The molecule has 1 N–H and O–H groups in total. The van der Waals surface area contributed by atoms with Gasteiger partial charge >= 0.3 is 0 Å². The Labute approximate surface area is 53.0 Å². The predicted octanol–water partition coefficient (Wildman–Crippen LogP) is 1.58. The Hall–Kier alpha value is -0.680. The molecular formula is C5H6ClNO. The molecule has 0 saturated heterocycles. The summed E-state index contributed by atoms with van der Waals surface area (Å²) >= 11 is 5.17. The maximum absolute atomic E-state index is 8.65. The quantitative estimate of drug-likeness (QED) is 0.334. The van der Waals surface area contributed by atoms with Crippen molar-refractivity contribution in [2.24, 2.45) is 0 Å². The molecule has 0 unspecified atom stereocenters. The van der Waals surface area contributed by atoms with Gasteiger partial charge in [-0.05, 0) is 6.92 Å². The highest BCUT2D eigenvalue weighted by Gasteiger charge is 1.93. The van der Waals surface area contributed by atoms with Crippen LogP contribution in [0, 0.1) is 11.3 Å². The topological polar surface area (TPSA) is 44.0 Å². The van der Waals surface area contributed by atoms with Crippen LogP contribution in [0.3, 0.4) is 0 Å². The zero-order valence-corrected chi connectivity index (χ0v) is 5.24. The lowest BCUT2D eigenvalue weighted by Crippen LogP contribution is -1.84. The number of aliphatic hydroxyl groups is 1. The number of rotatable bonds is 1. The zero-order chi connectivity index (χ0) is 6.57. The first-order valence-electron chi connectivity index (χ1n) is 2.07. The summed E-state index contributed by atoms with van der Waals surface area (Å²) in [6.45, 7) is 1.51. The molecule has 0 amide bonds. The smallest absolute Gasteiger partial charge is 0.120 e. The summed E-state index contributed by atoms with van der Waals surface area (Å²) in [6, 6.07) is 1.76. The van der Waals surface area contributed by atoms with Crippen LogP contribution in [0.25, 0.3) is 0 Å². The fourth-order valence-electron chi connectivity index (χ4n) is 0.165. The highest BCUT2D eigenvalue weighted by atomic mass is 35.5. The minimum Gasteiger partial charge on any atom is -0.510 e. The molecule has 0 atom stereocenters. The van der Waals surface area contributed by atoms with E-state index in [2.05, 4.69) is 0 Å². The molecule has 0 spiro atoms. The van der Waals surface area contributed by atoms with E-state index in [0.717, 1.165) is 0 Å². The summed E-state index contributed by atoms with van der Waals surface area (Å²) in [4.78, 5) is 0. The van der Waals surface area contributed by atoms with Crippen molar-refractivity contribution < 1.29 is 5.11 Å². The molecule has 0 aromatic heterocycles. The lowest BCUT2D eigenvalue weighted by molar-refractivity contribution is 0.411. The van der Waals surface area contributed by atoms with E-state index in [4.69, 9.17) is 22.0 Å². The van der Waals surface area contributed by atoms with Crippen LogP contribution in [0.15, 0.2) is 11.3 Å². The molecule has 8 heavy (non-hydrogen) atoms. The van der Waals surface area contributed by atoms with E-state index in [9.17, 15) is 0 Å². The van der Waals surface area contributed by atoms with Gasteiger partial charge < -0.3 is 5.11 Å². The van der Waals surface area contributed by atoms with Crippen LogP contribution in [-0.2, 0) is 0 Å². The van der Waals surface area contributed by atoms with E-state index in [-0.39, 0.29) is 17.2 Å². The Bertz CT molecular complexity index is 145. The number of alkyl halides is 1. The number of aliphatic hydroxyl groups excluding tert-OH is 1. The molecule has 0 aliphatic rings. The van der Waals surface area contributed by atoms with Crippen LogP contribution in [0.2, 0.25) is 0 Å². The fourth-order valence-corrected chi connectivity index (χ4v) is 0.365. The molecule has 0 aliphatic carbocycles. The van der Waals surface area contributed by atoms with Crippen LogP contribution >= 0.6 is 11.6 Å². The monoisotopic (exact) mass is 131 g/mol. The van der Waals surface area contributed by atoms with Gasteiger partial charge in [0.1, 0.15) is 5.76 Å². The third-order valence-corrected chi connectivity index (χ3v) is 0.980. The second-order valence-corrected chi connectivity index (χ2v) is 1.58. The van der Waals surface area contributed by atoms with Gasteiger partial charge in [0.2, 0.25) is 0 Å². The number of nitriles is 1.